The maximum absolute atomic E-state index is 9.91. The van der Waals surface area contributed by atoms with E-state index < -0.39 is 0 Å². The Balaban J connectivity index is 2.58. The van der Waals surface area contributed by atoms with Gasteiger partial charge in [0, 0.05) is 5.39 Å². The fraction of sp³-hybridized carbons (Fsp3) is 0. The molecule has 0 saturated carbocycles. The first-order valence-electron chi connectivity index (χ1n) is 5.23. The largest absolute Gasteiger partial charge is 0.508 e. The summed E-state index contributed by atoms with van der Waals surface area (Å²) in [4.78, 5) is 0. The van der Waals surface area contributed by atoms with Gasteiger partial charge in [0.2, 0.25) is 0 Å². The first-order chi connectivity index (χ1) is 8.16. The van der Waals surface area contributed by atoms with Crippen LogP contribution in [-0.4, -0.2) is 15.3 Å². The molecule has 0 bridgehead atoms. The van der Waals surface area contributed by atoms with Gasteiger partial charge in [0.25, 0.3) is 0 Å². The van der Waals surface area contributed by atoms with E-state index in [1.54, 1.807) is 24.3 Å². The second-order valence-corrected chi connectivity index (χ2v) is 4.00. The van der Waals surface area contributed by atoms with Crippen LogP contribution >= 0.6 is 0 Å². The highest BCUT2D eigenvalue weighted by atomic mass is 16.3. The molecule has 0 radical (unpaired) electrons. The number of rotatable bonds is 0. The van der Waals surface area contributed by atoms with Crippen molar-refractivity contribution in [3.05, 3.63) is 42.5 Å². The molecule has 0 fully saturated rings. The second kappa shape index (κ2) is 3.28. The third-order valence-electron chi connectivity index (χ3n) is 2.94. The maximum atomic E-state index is 9.91. The van der Waals surface area contributed by atoms with E-state index in [-0.39, 0.29) is 17.2 Å². The van der Waals surface area contributed by atoms with Gasteiger partial charge >= 0.3 is 0 Å². The van der Waals surface area contributed by atoms with Crippen LogP contribution in [0, 0.1) is 0 Å². The molecule has 0 unspecified atom stereocenters. The highest BCUT2D eigenvalue weighted by molar-refractivity contribution is 6.11. The molecule has 0 heterocycles. The number of hydrogen-bond donors (Lipinski definition) is 3. The average Bonchev–Trinajstić information content (AvgIpc) is 2.33. The topological polar surface area (TPSA) is 60.7 Å². The van der Waals surface area contributed by atoms with Crippen molar-refractivity contribution < 1.29 is 15.3 Å². The van der Waals surface area contributed by atoms with Gasteiger partial charge in [0.05, 0.1) is 0 Å². The molecule has 0 spiro atoms. The Morgan fingerprint density at radius 1 is 0.706 bits per heavy atom. The molecule has 0 amide bonds. The van der Waals surface area contributed by atoms with Gasteiger partial charge in [0.15, 0.2) is 11.5 Å². The number of phenolic OH excluding ortho intramolecular Hbond substituents is 3. The Hall–Kier alpha value is -2.42. The molecule has 3 aromatic rings. The van der Waals surface area contributed by atoms with Gasteiger partial charge in [-0.1, -0.05) is 18.2 Å². The van der Waals surface area contributed by atoms with Crippen LogP contribution in [0.25, 0.3) is 21.5 Å². The maximum Gasteiger partial charge on any atom is 0.166 e. The molecular formula is C14H10O3. The standard InChI is InChI=1S/C14H10O3/c15-10-4-5-11-9(7-10)2-1-8-3-6-12(16)14(17)13(8)11/h1-7,15-17H. The molecule has 84 valence electrons. The predicted molar refractivity (Wildman–Crippen MR) is 66.4 cm³/mol. The Kier molecular flexibility index (Phi) is 1.89. The van der Waals surface area contributed by atoms with E-state index in [0.717, 1.165) is 16.2 Å². The lowest BCUT2D eigenvalue weighted by Crippen LogP contribution is -1.79. The molecule has 0 aliphatic rings. The van der Waals surface area contributed by atoms with E-state index >= 15 is 0 Å². The molecule has 0 atom stereocenters. The van der Waals surface area contributed by atoms with Gasteiger partial charge in [0.1, 0.15) is 5.75 Å². The summed E-state index contributed by atoms with van der Waals surface area (Å²) in [6.45, 7) is 0. The number of hydrogen-bond acceptors (Lipinski definition) is 3. The van der Waals surface area contributed by atoms with Crippen LogP contribution < -0.4 is 0 Å². The van der Waals surface area contributed by atoms with Crippen LogP contribution in [-0.2, 0) is 0 Å². The van der Waals surface area contributed by atoms with Crippen molar-refractivity contribution in [2.24, 2.45) is 0 Å². The van der Waals surface area contributed by atoms with E-state index in [4.69, 9.17) is 0 Å². The fourth-order valence-electron chi connectivity index (χ4n) is 2.11. The van der Waals surface area contributed by atoms with Crippen molar-refractivity contribution in [1.29, 1.82) is 0 Å². The van der Waals surface area contributed by atoms with E-state index in [1.807, 2.05) is 12.1 Å². The van der Waals surface area contributed by atoms with Crippen molar-refractivity contribution in [3.63, 3.8) is 0 Å². The SMILES string of the molecule is Oc1ccc2c(ccc3ccc(O)c(O)c32)c1. The van der Waals surface area contributed by atoms with Crippen LogP contribution in [0.3, 0.4) is 0 Å². The third-order valence-corrected chi connectivity index (χ3v) is 2.94. The monoisotopic (exact) mass is 226 g/mol. The summed E-state index contributed by atoms with van der Waals surface area (Å²) in [5, 5.41) is 31.9. The Bertz CT molecular complexity index is 732. The third kappa shape index (κ3) is 1.36. The molecule has 0 aromatic heterocycles. The molecule has 3 rings (SSSR count). The Labute approximate surface area is 97.2 Å². The lowest BCUT2D eigenvalue weighted by atomic mass is 10.0. The molecule has 0 saturated heterocycles. The molecule has 3 aromatic carbocycles. The Morgan fingerprint density at radius 2 is 1.41 bits per heavy atom. The van der Waals surface area contributed by atoms with Crippen molar-refractivity contribution >= 4 is 21.5 Å². The summed E-state index contributed by atoms with van der Waals surface area (Å²) in [5.74, 6) is -0.0895. The zero-order valence-electron chi connectivity index (χ0n) is 8.88. The van der Waals surface area contributed by atoms with Crippen LogP contribution in [0.4, 0.5) is 0 Å². The minimum absolute atomic E-state index is 0.126. The van der Waals surface area contributed by atoms with E-state index in [1.165, 1.54) is 6.07 Å². The first-order valence-corrected chi connectivity index (χ1v) is 5.23. The lowest BCUT2D eigenvalue weighted by molar-refractivity contribution is 0.408. The summed E-state index contributed by atoms with van der Waals surface area (Å²) in [6.07, 6.45) is 0. The minimum Gasteiger partial charge on any atom is -0.508 e. The molecule has 3 heteroatoms. The molecule has 3 nitrogen and oxygen atoms in total. The van der Waals surface area contributed by atoms with Gasteiger partial charge in [-0.25, -0.2) is 0 Å². The van der Waals surface area contributed by atoms with Crippen LogP contribution in [0.15, 0.2) is 42.5 Å². The number of aromatic hydroxyl groups is 3. The normalized spacial score (nSPS) is 11.1. The minimum atomic E-state index is -0.141. The van der Waals surface area contributed by atoms with Crippen molar-refractivity contribution in [1.82, 2.24) is 0 Å². The van der Waals surface area contributed by atoms with Crippen LogP contribution in [0.1, 0.15) is 0 Å². The molecule has 0 aliphatic heterocycles. The van der Waals surface area contributed by atoms with Gasteiger partial charge in [-0.2, -0.15) is 0 Å². The fourth-order valence-corrected chi connectivity index (χ4v) is 2.11. The van der Waals surface area contributed by atoms with Gasteiger partial charge < -0.3 is 15.3 Å². The summed E-state index contributed by atoms with van der Waals surface area (Å²) < 4.78 is 0. The van der Waals surface area contributed by atoms with E-state index in [2.05, 4.69) is 0 Å². The molecule has 0 aliphatic carbocycles. The summed E-state index contributed by atoms with van der Waals surface area (Å²) in [7, 11) is 0. The van der Waals surface area contributed by atoms with Crippen LogP contribution in [0.5, 0.6) is 17.2 Å². The zero-order valence-corrected chi connectivity index (χ0v) is 8.88. The zero-order chi connectivity index (χ0) is 12.0. The summed E-state index contributed by atoms with van der Waals surface area (Å²) in [5.41, 5.74) is 0. The Morgan fingerprint density at radius 3 is 2.24 bits per heavy atom. The van der Waals surface area contributed by atoms with Crippen molar-refractivity contribution in [2.75, 3.05) is 0 Å². The first kappa shape index (κ1) is 9.78. The van der Waals surface area contributed by atoms with E-state index in [0.29, 0.717) is 5.39 Å². The molecular weight excluding hydrogens is 216 g/mol. The van der Waals surface area contributed by atoms with Crippen molar-refractivity contribution in [2.45, 2.75) is 0 Å². The highest BCUT2D eigenvalue weighted by Gasteiger charge is 2.09. The van der Waals surface area contributed by atoms with Crippen molar-refractivity contribution in [3.8, 4) is 17.2 Å². The second-order valence-electron chi connectivity index (χ2n) is 4.00. The van der Waals surface area contributed by atoms with Gasteiger partial charge in [-0.3, -0.25) is 0 Å². The van der Waals surface area contributed by atoms with Gasteiger partial charge in [-0.05, 0) is 40.4 Å². The molecule has 17 heavy (non-hydrogen) atoms. The highest BCUT2D eigenvalue weighted by Crippen LogP contribution is 2.38. The van der Waals surface area contributed by atoms with Crippen LogP contribution in [0.2, 0.25) is 0 Å². The van der Waals surface area contributed by atoms with E-state index in [9.17, 15) is 15.3 Å². The smallest absolute Gasteiger partial charge is 0.166 e. The predicted octanol–water partition coefficient (Wildman–Crippen LogP) is 3.11. The van der Waals surface area contributed by atoms with Gasteiger partial charge in [-0.15, -0.1) is 0 Å². The number of phenols is 3. The lowest BCUT2D eigenvalue weighted by Gasteiger charge is -2.07. The average molecular weight is 226 g/mol. The number of benzene rings is 3. The number of fused-ring (bicyclic) bond motifs is 3. The summed E-state index contributed by atoms with van der Waals surface area (Å²) in [6, 6.07) is 11.8. The molecule has 3 N–H and O–H groups in total. The summed E-state index contributed by atoms with van der Waals surface area (Å²) >= 11 is 0. The quantitative estimate of drug-likeness (QED) is 0.407.